The maximum atomic E-state index is 12.4. The molecule has 1 aromatic heterocycles. The van der Waals surface area contributed by atoms with E-state index >= 15 is 0 Å². The van der Waals surface area contributed by atoms with Crippen LogP contribution in [-0.4, -0.2) is 20.8 Å². The van der Waals surface area contributed by atoms with Crippen molar-refractivity contribution in [3.63, 3.8) is 0 Å². The number of para-hydroxylation sites is 1. The van der Waals surface area contributed by atoms with E-state index in [4.69, 9.17) is 0 Å². The molecule has 0 saturated heterocycles. The fourth-order valence-corrected chi connectivity index (χ4v) is 2.57. The maximum Gasteiger partial charge on any atom is 0.205 e. The van der Waals surface area contributed by atoms with E-state index in [1.54, 1.807) is 10.8 Å². The van der Waals surface area contributed by atoms with Crippen molar-refractivity contribution in [1.82, 2.24) is 15.0 Å². The third-order valence-electron chi connectivity index (χ3n) is 3.63. The first-order chi connectivity index (χ1) is 9.84. The molecule has 3 rings (SSSR count). The first-order valence-corrected chi connectivity index (χ1v) is 7.04. The summed E-state index contributed by atoms with van der Waals surface area (Å²) in [6.45, 7) is 0. The molecule has 0 unspecified atom stereocenters. The molecule has 0 aliphatic heterocycles. The molecular weight excluding hydrogens is 250 g/mol. The van der Waals surface area contributed by atoms with Crippen LogP contribution in [0.4, 0.5) is 0 Å². The molecule has 0 bridgehead atoms. The first-order valence-electron chi connectivity index (χ1n) is 7.04. The number of carbonyl (C=O) groups is 1. The minimum Gasteiger partial charge on any atom is -0.287 e. The fraction of sp³-hybridized carbons (Fsp3) is 0.312. The molecule has 0 spiro atoms. The number of carbonyl (C=O) groups excluding carboxylic acids is 1. The van der Waals surface area contributed by atoms with Gasteiger partial charge in [0.25, 0.3) is 0 Å². The second kappa shape index (κ2) is 5.82. The normalized spacial score (nSPS) is 15.1. The average molecular weight is 267 g/mol. The summed E-state index contributed by atoms with van der Waals surface area (Å²) in [5.74, 6) is -0.00393. The van der Waals surface area contributed by atoms with E-state index in [0.717, 1.165) is 18.5 Å². The Labute approximate surface area is 118 Å². The van der Waals surface area contributed by atoms with Gasteiger partial charge in [-0.15, -0.1) is 5.10 Å². The molecule has 1 aliphatic carbocycles. The van der Waals surface area contributed by atoms with Gasteiger partial charge in [-0.05, 0) is 43.9 Å². The van der Waals surface area contributed by atoms with E-state index in [9.17, 15) is 4.79 Å². The van der Waals surface area contributed by atoms with E-state index in [1.807, 2.05) is 30.3 Å². The quantitative estimate of drug-likeness (QED) is 0.633. The van der Waals surface area contributed by atoms with Gasteiger partial charge in [-0.2, -0.15) is 0 Å². The van der Waals surface area contributed by atoms with E-state index in [1.165, 1.54) is 31.0 Å². The minimum atomic E-state index is -0.00393. The van der Waals surface area contributed by atoms with Crippen molar-refractivity contribution in [2.75, 3.05) is 0 Å². The Bertz CT molecular complexity index is 620. The SMILES string of the molecule is O=C(C=C1CCCCC1)c1cnnn1-c1ccccc1. The zero-order valence-corrected chi connectivity index (χ0v) is 11.3. The van der Waals surface area contributed by atoms with Gasteiger partial charge in [0, 0.05) is 0 Å². The predicted molar refractivity (Wildman–Crippen MR) is 76.9 cm³/mol. The third-order valence-corrected chi connectivity index (χ3v) is 3.63. The number of rotatable bonds is 3. The van der Waals surface area contributed by atoms with Gasteiger partial charge in [0.1, 0.15) is 5.69 Å². The van der Waals surface area contributed by atoms with E-state index in [-0.39, 0.29) is 5.78 Å². The highest BCUT2D eigenvalue weighted by molar-refractivity contribution is 6.03. The molecule has 1 fully saturated rings. The summed E-state index contributed by atoms with van der Waals surface area (Å²) in [7, 11) is 0. The maximum absolute atomic E-state index is 12.4. The summed E-state index contributed by atoms with van der Waals surface area (Å²) in [5, 5.41) is 7.89. The summed E-state index contributed by atoms with van der Waals surface area (Å²) >= 11 is 0. The third kappa shape index (κ3) is 2.69. The molecular formula is C16H17N3O. The summed E-state index contributed by atoms with van der Waals surface area (Å²) in [6, 6.07) is 9.61. The number of benzene rings is 1. The number of hydrogen-bond acceptors (Lipinski definition) is 3. The number of ketones is 1. The largest absolute Gasteiger partial charge is 0.287 e. The minimum absolute atomic E-state index is 0.00393. The monoisotopic (exact) mass is 267 g/mol. The molecule has 2 aromatic rings. The van der Waals surface area contributed by atoms with Crippen LogP contribution in [0.1, 0.15) is 42.6 Å². The predicted octanol–water partition coefficient (Wildman–Crippen LogP) is 3.34. The van der Waals surface area contributed by atoms with Gasteiger partial charge in [-0.25, -0.2) is 4.68 Å². The van der Waals surface area contributed by atoms with Crippen LogP contribution >= 0.6 is 0 Å². The molecule has 1 aliphatic rings. The van der Waals surface area contributed by atoms with Gasteiger partial charge in [0.2, 0.25) is 5.78 Å². The number of hydrogen-bond donors (Lipinski definition) is 0. The van der Waals surface area contributed by atoms with Crippen molar-refractivity contribution in [3.05, 3.63) is 53.9 Å². The topological polar surface area (TPSA) is 47.8 Å². The standard InChI is InChI=1S/C16H17N3O/c20-16(11-13-7-3-1-4-8-13)15-12-17-18-19(15)14-9-5-2-6-10-14/h2,5-6,9-12H,1,3-4,7-8H2. The van der Waals surface area contributed by atoms with Crippen LogP contribution in [0.3, 0.4) is 0 Å². The number of allylic oxidation sites excluding steroid dienone is 2. The highest BCUT2D eigenvalue weighted by atomic mass is 16.1. The molecule has 4 nitrogen and oxygen atoms in total. The van der Waals surface area contributed by atoms with Crippen molar-refractivity contribution in [1.29, 1.82) is 0 Å². The van der Waals surface area contributed by atoms with Crippen molar-refractivity contribution in [3.8, 4) is 5.69 Å². The lowest BCUT2D eigenvalue weighted by molar-refractivity contribution is 0.103. The van der Waals surface area contributed by atoms with Crippen LogP contribution in [-0.2, 0) is 0 Å². The van der Waals surface area contributed by atoms with Crippen LogP contribution in [0.15, 0.2) is 48.2 Å². The zero-order valence-electron chi connectivity index (χ0n) is 11.3. The molecule has 1 heterocycles. The summed E-state index contributed by atoms with van der Waals surface area (Å²) < 4.78 is 1.60. The average Bonchev–Trinajstić information content (AvgIpc) is 2.99. The van der Waals surface area contributed by atoms with Gasteiger partial charge in [-0.3, -0.25) is 4.79 Å². The molecule has 102 valence electrons. The van der Waals surface area contributed by atoms with Crippen molar-refractivity contribution in [2.45, 2.75) is 32.1 Å². The summed E-state index contributed by atoms with van der Waals surface area (Å²) in [4.78, 5) is 12.4. The van der Waals surface area contributed by atoms with Crippen molar-refractivity contribution in [2.24, 2.45) is 0 Å². The lowest BCUT2D eigenvalue weighted by atomic mass is 9.94. The Balaban J connectivity index is 1.88. The second-order valence-electron chi connectivity index (χ2n) is 5.09. The molecule has 0 N–H and O–H groups in total. The molecule has 20 heavy (non-hydrogen) atoms. The van der Waals surface area contributed by atoms with E-state index < -0.39 is 0 Å². The zero-order chi connectivity index (χ0) is 13.8. The van der Waals surface area contributed by atoms with E-state index in [2.05, 4.69) is 10.3 Å². The smallest absolute Gasteiger partial charge is 0.205 e. The second-order valence-corrected chi connectivity index (χ2v) is 5.09. The molecule has 0 atom stereocenters. The Morgan fingerprint density at radius 3 is 2.60 bits per heavy atom. The van der Waals surface area contributed by atoms with Crippen LogP contribution in [0.5, 0.6) is 0 Å². The summed E-state index contributed by atoms with van der Waals surface area (Å²) in [5.41, 5.74) is 2.63. The van der Waals surface area contributed by atoms with Gasteiger partial charge in [0.05, 0.1) is 11.9 Å². The van der Waals surface area contributed by atoms with Crippen molar-refractivity contribution >= 4 is 5.78 Å². The van der Waals surface area contributed by atoms with Gasteiger partial charge in [-0.1, -0.05) is 35.4 Å². The molecule has 4 heteroatoms. The number of nitrogens with zero attached hydrogens (tertiary/aromatic N) is 3. The lowest BCUT2D eigenvalue weighted by Gasteiger charge is -2.13. The highest BCUT2D eigenvalue weighted by Gasteiger charge is 2.14. The Kier molecular flexibility index (Phi) is 3.72. The Hall–Kier alpha value is -2.23. The highest BCUT2D eigenvalue weighted by Crippen LogP contribution is 2.23. The van der Waals surface area contributed by atoms with Gasteiger partial charge < -0.3 is 0 Å². The summed E-state index contributed by atoms with van der Waals surface area (Å²) in [6.07, 6.45) is 9.05. The van der Waals surface area contributed by atoms with Crippen LogP contribution in [0.25, 0.3) is 5.69 Å². The fourth-order valence-electron chi connectivity index (χ4n) is 2.57. The van der Waals surface area contributed by atoms with E-state index in [0.29, 0.717) is 5.69 Å². The van der Waals surface area contributed by atoms with Crippen LogP contribution in [0.2, 0.25) is 0 Å². The molecule has 0 radical (unpaired) electrons. The van der Waals surface area contributed by atoms with Crippen LogP contribution in [0, 0.1) is 0 Å². The molecule has 1 saturated carbocycles. The van der Waals surface area contributed by atoms with Crippen LogP contribution < -0.4 is 0 Å². The Morgan fingerprint density at radius 2 is 1.85 bits per heavy atom. The molecule has 1 aromatic carbocycles. The first kappa shape index (κ1) is 12.8. The lowest BCUT2D eigenvalue weighted by Crippen LogP contribution is -2.08. The Morgan fingerprint density at radius 1 is 1.10 bits per heavy atom. The van der Waals surface area contributed by atoms with Gasteiger partial charge >= 0.3 is 0 Å². The number of aromatic nitrogens is 3. The molecule has 0 amide bonds. The van der Waals surface area contributed by atoms with Gasteiger partial charge in [0.15, 0.2) is 0 Å². The van der Waals surface area contributed by atoms with Crippen molar-refractivity contribution < 1.29 is 4.79 Å².